The number of likely N-dealkylation sites (N-methyl/N-ethyl adjacent to an activating group) is 1. The van der Waals surface area contributed by atoms with Gasteiger partial charge in [0.2, 0.25) is 0 Å². The second-order valence-electron chi connectivity index (χ2n) is 7.05. The summed E-state index contributed by atoms with van der Waals surface area (Å²) in [6.07, 6.45) is 2.64. The van der Waals surface area contributed by atoms with Gasteiger partial charge in [-0.3, -0.25) is 4.79 Å². The Morgan fingerprint density at radius 1 is 1.24 bits per heavy atom. The molecular formula is C19H23N3O3. The Balaban J connectivity index is 2.08. The van der Waals surface area contributed by atoms with Crippen molar-refractivity contribution >= 4 is 11.9 Å². The van der Waals surface area contributed by atoms with Crippen LogP contribution in [0.1, 0.15) is 47.6 Å². The second-order valence-corrected chi connectivity index (χ2v) is 7.05. The van der Waals surface area contributed by atoms with E-state index in [0.717, 1.165) is 41.8 Å². The molecule has 0 atom stereocenters. The number of rotatable bonds is 4. The van der Waals surface area contributed by atoms with Gasteiger partial charge in [-0.25, -0.2) is 9.48 Å². The SMILES string of the molecule is Cc1ccccc1-n1nc(C(=O)N(C)C(C)(C)C(=O)O)c2c1CCC2. The topological polar surface area (TPSA) is 75.4 Å². The number of amides is 1. The van der Waals surface area contributed by atoms with E-state index < -0.39 is 11.5 Å². The Kier molecular flexibility index (Phi) is 4.14. The minimum Gasteiger partial charge on any atom is -0.480 e. The lowest BCUT2D eigenvalue weighted by atomic mass is 10.0. The van der Waals surface area contributed by atoms with Crippen molar-refractivity contribution in [2.45, 2.75) is 45.6 Å². The molecule has 0 fully saturated rings. The Hall–Kier alpha value is -2.63. The van der Waals surface area contributed by atoms with Gasteiger partial charge < -0.3 is 10.0 Å². The third kappa shape index (κ3) is 2.71. The van der Waals surface area contributed by atoms with Crippen LogP contribution in [0.2, 0.25) is 0 Å². The predicted octanol–water partition coefficient (Wildman–Crippen LogP) is 2.60. The Labute approximate surface area is 147 Å². The quantitative estimate of drug-likeness (QED) is 0.927. The highest BCUT2D eigenvalue weighted by Gasteiger charge is 2.38. The van der Waals surface area contributed by atoms with Crippen LogP contribution in [0, 0.1) is 6.92 Å². The summed E-state index contributed by atoms with van der Waals surface area (Å²) in [4.78, 5) is 25.7. The Morgan fingerprint density at radius 2 is 1.92 bits per heavy atom. The fraction of sp³-hybridized carbons (Fsp3) is 0.421. The molecule has 2 aromatic rings. The molecule has 1 aromatic heterocycles. The van der Waals surface area contributed by atoms with Gasteiger partial charge in [0.05, 0.1) is 5.69 Å². The van der Waals surface area contributed by atoms with E-state index in [1.54, 1.807) is 0 Å². The molecule has 132 valence electrons. The van der Waals surface area contributed by atoms with Crippen LogP contribution in [-0.2, 0) is 17.6 Å². The van der Waals surface area contributed by atoms with E-state index in [-0.39, 0.29) is 5.91 Å². The lowest BCUT2D eigenvalue weighted by Crippen LogP contribution is -2.51. The normalized spacial score (nSPS) is 13.6. The number of carbonyl (C=O) groups excluding carboxylic acids is 1. The largest absolute Gasteiger partial charge is 0.480 e. The highest BCUT2D eigenvalue weighted by molar-refractivity contribution is 5.97. The maximum Gasteiger partial charge on any atom is 0.329 e. The van der Waals surface area contributed by atoms with Crippen molar-refractivity contribution in [3.8, 4) is 5.69 Å². The zero-order valence-corrected chi connectivity index (χ0v) is 15.0. The van der Waals surface area contributed by atoms with E-state index in [1.165, 1.54) is 25.8 Å². The summed E-state index contributed by atoms with van der Waals surface area (Å²) in [6, 6.07) is 7.92. The zero-order valence-electron chi connectivity index (χ0n) is 15.0. The Morgan fingerprint density at radius 3 is 2.56 bits per heavy atom. The fourth-order valence-electron chi connectivity index (χ4n) is 3.17. The molecule has 0 unspecified atom stereocenters. The predicted molar refractivity (Wildman–Crippen MR) is 94.1 cm³/mol. The molecule has 0 radical (unpaired) electrons. The number of carboxylic acids is 1. The first-order chi connectivity index (χ1) is 11.7. The highest BCUT2D eigenvalue weighted by atomic mass is 16.4. The lowest BCUT2D eigenvalue weighted by Gasteiger charge is -2.31. The van der Waals surface area contributed by atoms with Gasteiger partial charge in [-0.05, 0) is 51.7 Å². The smallest absolute Gasteiger partial charge is 0.329 e. The van der Waals surface area contributed by atoms with Crippen molar-refractivity contribution in [1.82, 2.24) is 14.7 Å². The van der Waals surface area contributed by atoms with Gasteiger partial charge in [-0.15, -0.1) is 0 Å². The van der Waals surface area contributed by atoms with Crippen LogP contribution < -0.4 is 0 Å². The number of benzene rings is 1. The number of hydrogen-bond donors (Lipinski definition) is 1. The molecule has 1 heterocycles. The summed E-state index contributed by atoms with van der Waals surface area (Å²) >= 11 is 0. The summed E-state index contributed by atoms with van der Waals surface area (Å²) in [5.74, 6) is -1.39. The maximum atomic E-state index is 13.0. The summed E-state index contributed by atoms with van der Waals surface area (Å²) in [7, 11) is 1.52. The first kappa shape index (κ1) is 17.2. The average Bonchev–Trinajstić information content (AvgIpc) is 3.16. The molecule has 0 bridgehead atoms. The molecule has 0 saturated carbocycles. The van der Waals surface area contributed by atoms with Crippen LogP contribution in [0.3, 0.4) is 0 Å². The molecule has 1 aliphatic rings. The van der Waals surface area contributed by atoms with Gasteiger partial charge in [0, 0.05) is 18.3 Å². The first-order valence-electron chi connectivity index (χ1n) is 8.43. The minimum absolute atomic E-state index is 0.349. The molecule has 0 saturated heterocycles. The third-order valence-corrected chi connectivity index (χ3v) is 5.14. The number of carbonyl (C=O) groups is 2. The Bertz CT molecular complexity index is 852. The number of aryl methyl sites for hydroxylation is 1. The van der Waals surface area contributed by atoms with E-state index in [2.05, 4.69) is 5.10 Å². The van der Waals surface area contributed by atoms with Crippen LogP contribution in [0.5, 0.6) is 0 Å². The molecule has 1 aliphatic carbocycles. The number of hydrogen-bond acceptors (Lipinski definition) is 3. The molecule has 1 N–H and O–H groups in total. The summed E-state index contributed by atoms with van der Waals surface area (Å²) in [5, 5.41) is 14.0. The van der Waals surface area contributed by atoms with Crippen LogP contribution in [0.25, 0.3) is 5.69 Å². The molecule has 0 spiro atoms. The molecule has 25 heavy (non-hydrogen) atoms. The van der Waals surface area contributed by atoms with Crippen molar-refractivity contribution in [2.75, 3.05) is 7.05 Å². The van der Waals surface area contributed by atoms with Crippen LogP contribution in [0.4, 0.5) is 0 Å². The number of fused-ring (bicyclic) bond motifs is 1. The molecule has 6 heteroatoms. The van der Waals surface area contributed by atoms with Crippen molar-refractivity contribution in [3.63, 3.8) is 0 Å². The van der Waals surface area contributed by atoms with Gasteiger partial charge in [0.1, 0.15) is 5.54 Å². The number of carboxylic acid groups (broad SMARTS) is 1. The van der Waals surface area contributed by atoms with E-state index in [9.17, 15) is 14.7 Å². The molecule has 1 amide bonds. The monoisotopic (exact) mass is 341 g/mol. The molecule has 0 aliphatic heterocycles. The van der Waals surface area contributed by atoms with E-state index in [1.807, 2.05) is 35.9 Å². The van der Waals surface area contributed by atoms with Gasteiger partial charge >= 0.3 is 5.97 Å². The van der Waals surface area contributed by atoms with Crippen molar-refractivity contribution in [2.24, 2.45) is 0 Å². The maximum absolute atomic E-state index is 13.0. The molecule has 3 rings (SSSR count). The van der Waals surface area contributed by atoms with E-state index in [4.69, 9.17) is 0 Å². The van der Waals surface area contributed by atoms with Crippen LogP contribution in [0.15, 0.2) is 24.3 Å². The van der Waals surface area contributed by atoms with Crippen LogP contribution >= 0.6 is 0 Å². The minimum atomic E-state index is -1.30. The van der Waals surface area contributed by atoms with E-state index >= 15 is 0 Å². The lowest BCUT2D eigenvalue weighted by molar-refractivity contribution is -0.147. The summed E-state index contributed by atoms with van der Waals surface area (Å²) in [6.45, 7) is 5.05. The molecular weight excluding hydrogens is 318 g/mol. The first-order valence-corrected chi connectivity index (χ1v) is 8.43. The van der Waals surface area contributed by atoms with Gasteiger partial charge in [-0.2, -0.15) is 5.10 Å². The summed E-state index contributed by atoms with van der Waals surface area (Å²) in [5.41, 5.74) is 3.11. The number of aliphatic carboxylic acids is 1. The zero-order chi connectivity index (χ0) is 18.4. The van der Waals surface area contributed by atoms with Crippen molar-refractivity contribution in [1.29, 1.82) is 0 Å². The summed E-state index contributed by atoms with van der Waals surface area (Å²) < 4.78 is 1.85. The third-order valence-electron chi connectivity index (χ3n) is 5.14. The van der Waals surface area contributed by atoms with Crippen molar-refractivity contribution in [3.05, 3.63) is 46.8 Å². The van der Waals surface area contributed by atoms with Gasteiger partial charge in [0.25, 0.3) is 5.91 Å². The van der Waals surface area contributed by atoms with E-state index in [0.29, 0.717) is 5.69 Å². The average molecular weight is 341 g/mol. The number of nitrogens with zero attached hydrogens (tertiary/aromatic N) is 3. The van der Waals surface area contributed by atoms with Crippen LogP contribution in [-0.4, -0.2) is 44.3 Å². The molecule has 6 nitrogen and oxygen atoms in total. The highest BCUT2D eigenvalue weighted by Crippen LogP contribution is 2.30. The van der Waals surface area contributed by atoms with Gasteiger partial charge in [-0.1, -0.05) is 18.2 Å². The van der Waals surface area contributed by atoms with Crippen molar-refractivity contribution < 1.29 is 14.7 Å². The number of para-hydroxylation sites is 1. The second kappa shape index (κ2) is 6.02. The van der Waals surface area contributed by atoms with Gasteiger partial charge in [0.15, 0.2) is 5.69 Å². The standard InChI is InChI=1S/C19H23N3O3/c1-12-8-5-6-10-14(12)22-15-11-7-9-13(15)16(20-22)17(23)21(4)19(2,3)18(24)25/h5-6,8,10H,7,9,11H2,1-4H3,(H,24,25). The fourth-order valence-corrected chi connectivity index (χ4v) is 3.17. The number of aromatic nitrogens is 2. The molecule has 1 aromatic carbocycles.